The van der Waals surface area contributed by atoms with Crippen molar-refractivity contribution in [2.45, 2.75) is 6.42 Å². The molecular weight excluding hydrogens is 205 g/mol. The number of hydrogen-bond donors (Lipinski definition) is 1. The number of carbonyl (C=O) groups is 1. The first-order valence-corrected chi connectivity index (χ1v) is 4.20. The lowest BCUT2D eigenvalue weighted by molar-refractivity contribution is -0.107. The van der Waals surface area contributed by atoms with E-state index in [0.29, 0.717) is 11.8 Å². The highest BCUT2D eigenvalue weighted by Gasteiger charge is 2.03. The van der Waals surface area contributed by atoms with Crippen molar-refractivity contribution in [2.24, 2.45) is 0 Å². The van der Waals surface area contributed by atoms with Gasteiger partial charge in [-0.2, -0.15) is 0 Å². The molecule has 1 rings (SSSR count). The van der Waals surface area contributed by atoms with Crippen molar-refractivity contribution in [2.75, 3.05) is 5.73 Å². The van der Waals surface area contributed by atoms with E-state index in [-0.39, 0.29) is 17.1 Å². The fourth-order valence-corrected chi connectivity index (χ4v) is 1.08. The van der Waals surface area contributed by atoms with E-state index >= 15 is 0 Å². The molecule has 0 saturated carbocycles. The van der Waals surface area contributed by atoms with Crippen LogP contribution in [0.3, 0.4) is 0 Å². The molecule has 0 heterocycles. The molecule has 0 spiro atoms. The number of benzene rings is 1. The van der Waals surface area contributed by atoms with Crippen molar-refractivity contribution in [1.29, 1.82) is 0 Å². The van der Waals surface area contributed by atoms with Gasteiger partial charge in [-0.05, 0) is 12.1 Å². The minimum atomic E-state index is -0.500. The molecule has 1 aromatic carbocycles. The summed E-state index contributed by atoms with van der Waals surface area (Å²) >= 11 is 5.63. The van der Waals surface area contributed by atoms with Crippen LogP contribution >= 0.6 is 11.6 Å². The highest BCUT2D eigenvalue weighted by Crippen LogP contribution is 2.23. The van der Waals surface area contributed by atoms with Crippen molar-refractivity contribution >= 4 is 23.6 Å². The van der Waals surface area contributed by atoms with Crippen LogP contribution in [0.4, 0.5) is 10.1 Å². The number of hydrogen-bond acceptors (Lipinski definition) is 2. The molecule has 0 atom stereocenters. The fraction of sp³-hybridized carbons (Fsp3) is 0.100. The molecule has 0 aliphatic rings. The molecule has 2 nitrogen and oxygen atoms in total. The Morgan fingerprint density at radius 2 is 2.29 bits per heavy atom. The number of nitrogen functional groups attached to an aromatic ring is 1. The van der Waals surface area contributed by atoms with Gasteiger partial charge in [-0.15, -0.1) is 0 Å². The van der Waals surface area contributed by atoms with E-state index in [1.165, 1.54) is 6.07 Å². The van der Waals surface area contributed by atoms with Crippen molar-refractivity contribution in [3.05, 3.63) is 28.5 Å². The van der Waals surface area contributed by atoms with Crippen LogP contribution in [-0.4, -0.2) is 6.29 Å². The third-order valence-corrected chi connectivity index (χ3v) is 1.82. The predicted octanol–water partition coefficient (Wildman–Crippen LogP) is 2.00. The van der Waals surface area contributed by atoms with Crippen LogP contribution in [-0.2, 0) is 4.79 Å². The minimum absolute atomic E-state index is 0.0908. The van der Waals surface area contributed by atoms with E-state index in [9.17, 15) is 9.18 Å². The molecule has 0 aliphatic carbocycles. The van der Waals surface area contributed by atoms with Gasteiger partial charge in [0.05, 0.1) is 22.7 Å². The van der Waals surface area contributed by atoms with E-state index in [2.05, 4.69) is 11.8 Å². The Hall–Kier alpha value is -1.53. The summed E-state index contributed by atoms with van der Waals surface area (Å²) < 4.78 is 12.8. The highest BCUT2D eigenvalue weighted by atomic mass is 35.5. The normalized spacial score (nSPS) is 9.00. The molecule has 0 radical (unpaired) electrons. The van der Waals surface area contributed by atoms with Gasteiger partial charge in [0.25, 0.3) is 0 Å². The van der Waals surface area contributed by atoms with Crippen LogP contribution < -0.4 is 5.73 Å². The topological polar surface area (TPSA) is 43.1 Å². The van der Waals surface area contributed by atoms with Gasteiger partial charge in [0.2, 0.25) is 0 Å². The summed E-state index contributed by atoms with van der Waals surface area (Å²) in [6, 6.07) is 2.29. The molecule has 72 valence electrons. The summed E-state index contributed by atoms with van der Waals surface area (Å²) in [7, 11) is 0. The second-order valence-electron chi connectivity index (χ2n) is 2.52. The van der Waals surface area contributed by atoms with E-state index in [1.54, 1.807) is 0 Å². The van der Waals surface area contributed by atoms with Crippen LogP contribution in [0.5, 0.6) is 0 Å². The SMILES string of the molecule is Nc1c(Cl)cc(F)cc1C#CCC=O. The largest absolute Gasteiger partial charge is 0.397 e. The fourth-order valence-electron chi connectivity index (χ4n) is 0.876. The second kappa shape index (κ2) is 4.64. The lowest BCUT2D eigenvalue weighted by Crippen LogP contribution is -1.93. The van der Waals surface area contributed by atoms with Gasteiger partial charge in [0, 0.05) is 0 Å². The maximum atomic E-state index is 12.8. The molecule has 0 amide bonds. The molecule has 0 aromatic heterocycles. The molecule has 0 fully saturated rings. The van der Waals surface area contributed by atoms with Crippen molar-refractivity contribution in [3.8, 4) is 11.8 Å². The monoisotopic (exact) mass is 211 g/mol. The lowest BCUT2D eigenvalue weighted by atomic mass is 10.2. The van der Waals surface area contributed by atoms with E-state index < -0.39 is 5.82 Å². The number of nitrogens with two attached hydrogens (primary N) is 1. The first kappa shape index (κ1) is 10.6. The van der Waals surface area contributed by atoms with Crippen LogP contribution in [0.15, 0.2) is 12.1 Å². The molecule has 0 aliphatic heterocycles. The molecule has 0 saturated heterocycles. The summed E-state index contributed by atoms with van der Waals surface area (Å²) in [4.78, 5) is 9.98. The second-order valence-corrected chi connectivity index (χ2v) is 2.93. The maximum Gasteiger partial charge on any atom is 0.131 e. The van der Waals surface area contributed by atoms with Crippen molar-refractivity contribution in [3.63, 3.8) is 0 Å². The Balaban J connectivity index is 3.09. The van der Waals surface area contributed by atoms with Gasteiger partial charge in [0.1, 0.15) is 12.1 Å². The smallest absolute Gasteiger partial charge is 0.131 e. The summed E-state index contributed by atoms with van der Waals surface area (Å²) in [5.41, 5.74) is 6.08. The van der Waals surface area contributed by atoms with Gasteiger partial charge in [-0.25, -0.2) is 4.39 Å². The van der Waals surface area contributed by atoms with Gasteiger partial charge >= 0.3 is 0 Å². The quantitative estimate of drug-likeness (QED) is 0.439. The summed E-state index contributed by atoms with van der Waals surface area (Å²) in [5.74, 6) is 4.59. The Kier molecular flexibility index (Phi) is 3.49. The molecule has 1 aromatic rings. The Labute approximate surface area is 85.9 Å². The molecule has 14 heavy (non-hydrogen) atoms. The van der Waals surface area contributed by atoms with Gasteiger partial charge in [-0.3, -0.25) is 0 Å². The third-order valence-electron chi connectivity index (χ3n) is 1.50. The van der Waals surface area contributed by atoms with Crippen LogP contribution in [0.2, 0.25) is 5.02 Å². The number of anilines is 1. The van der Waals surface area contributed by atoms with E-state index in [0.717, 1.165) is 6.07 Å². The zero-order chi connectivity index (χ0) is 10.6. The zero-order valence-electron chi connectivity index (χ0n) is 7.18. The van der Waals surface area contributed by atoms with Crippen LogP contribution in [0, 0.1) is 17.7 Å². The Morgan fingerprint density at radius 1 is 1.57 bits per heavy atom. The minimum Gasteiger partial charge on any atom is -0.397 e. The maximum absolute atomic E-state index is 12.8. The number of aldehydes is 1. The molecule has 0 bridgehead atoms. The highest BCUT2D eigenvalue weighted by molar-refractivity contribution is 6.33. The average Bonchev–Trinajstić information content (AvgIpc) is 2.13. The number of halogens is 2. The predicted molar refractivity (Wildman–Crippen MR) is 53.4 cm³/mol. The van der Waals surface area contributed by atoms with Gasteiger partial charge < -0.3 is 10.5 Å². The Morgan fingerprint density at radius 3 is 2.93 bits per heavy atom. The lowest BCUT2D eigenvalue weighted by Gasteiger charge is -2.00. The van der Waals surface area contributed by atoms with Crippen LogP contribution in [0.1, 0.15) is 12.0 Å². The van der Waals surface area contributed by atoms with E-state index in [1.807, 2.05) is 0 Å². The average molecular weight is 212 g/mol. The van der Waals surface area contributed by atoms with Crippen molar-refractivity contribution < 1.29 is 9.18 Å². The van der Waals surface area contributed by atoms with E-state index in [4.69, 9.17) is 17.3 Å². The van der Waals surface area contributed by atoms with Gasteiger partial charge in [0.15, 0.2) is 0 Å². The standard InChI is InChI=1S/C10H7ClFNO/c11-9-6-8(12)5-7(10(9)13)3-1-2-4-14/h4-6H,2,13H2. The Bertz CT molecular complexity index is 420. The third kappa shape index (κ3) is 2.48. The zero-order valence-corrected chi connectivity index (χ0v) is 7.94. The molecular formula is C10H7ClFNO. The number of carbonyl (C=O) groups excluding carboxylic acids is 1. The molecule has 2 N–H and O–H groups in total. The first-order chi connectivity index (χ1) is 6.65. The molecule has 0 unspecified atom stereocenters. The van der Waals surface area contributed by atoms with Gasteiger partial charge in [-0.1, -0.05) is 23.4 Å². The van der Waals surface area contributed by atoms with Crippen molar-refractivity contribution in [1.82, 2.24) is 0 Å². The first-order valence-electron chi connectivity index (χ1n) is 3.82. The summed E-state index contributed by atoms with van der Waals surface area (Å²) in [6.07, 6.45) is 0.748. The summed E-state index contributed by atoms with van der Waals surface area (Å²) in [6.45, 7) is 0. The molecule has 4 heteroatoms. The summed E-state index contributed by atoms with van der Waals surface area (Å²) in [5, 5.41) is 0.125. The van der Waals surface area contributed by atoms with Crippen LogP contribution in [0.25, 0.3) is 0 Å². The number of rotatable bonds is 1.